The molecular weight excluding hydrogens is 264 g/mol. The van der Waals surface area contributed by atoms with E-state index in [0.29, 0.717) is 0 Å². The fraction of sp³-hybridized carbons (Fsp3) is 0.438. The topological polar surface area (TPSA) is 59.9 Å². The maximum absolute atomic E-state index is 5.25. The number of pyridine rings is 1. The van der Waals surface area contributed by atoms with Crippen LogP contribution in [0.25, 0.3) is 11.3 Å². The Morgan fingerprint density at radius 2 is 2.00 bits per heavy atom. The maximum atomic E-state index is 5.25. The highest BCUT2D eigenvalue weighted by atomic mass is 16.5. The van der Waals surface area contributed by atoms with E-state index in [4.69, 9.17) is 4.74 Å². The molecule has 0 aliphatic heterocycles. The van der Waals surface area contributed by atoms with Gasteiger partial charge in [0.1, 0.15) is 17.4 Å². The van der Waals surface area contributed by atoms with Crippen molar-refractivity contribution in [3.05, 3.63) is 29.8 Å². The molecule has 2 aromatic heterocycles. The summed E-state index contributed by atoms with van der Waals surface area (Å²) < 4.78 is 5.25. The number of aromatic nitrogens is 3. The summed E-state index contributed by atoms with van der Waals surface area (Å²) in [6.07, 6.45) is 5.35. The molecule has 0 saturated heterocycles. The Bertz CT molecular complexity index is 613. The molecule has 0 bridgehead atoms. The van der Waals surface area contributed by atoms with Crippen molar-refractivity contribution in [1.82, 2.24) is 15.0 Å². The normalized spacial score (nSPS) is 10.5. The van der Waals surface area contributed by atoms with Crippen LogP contribution in [-0.4, -0.2) is 28.6 Å². The summed E-state index contributed by atoms with van der Waals surface area (Å²) >= 11 is 0. The minimum Gasteiger partial charge on any atom is -0.495 e. The summed E-state index contributed by atoms with van der Waals surface area (Å²) in [6.45, 7) is 7.13. The van der Waals surface area contributed by atoms with Crippen molar-refractivity contribution >= 4 is 5.82 Å². The minimum absolute atomic E-state index is 0.728. The zero-order chi connectivity index (χ0) is 15.2. The first kappa shape index (κ1) is 15.2. The van der Waals surface area contributed by atoms with Gasteiger partial charge in [-0.15, -0.1) is 0 Å². The number of methoxy groups -OCH3 is 1. The first-order chi connectivity index (χ1) is 10.2. The molecular formula is C16H22N4O. The Morgan fingerprint density at radius 1 is 1.19 bits per heavy atom. The number of rotatable bonds is 6. The van der Waals surface area contributed by atoms with E-state index < -0.39 is 0 Å². The zero-order valence-corrected chi connectivity index (χ0v) is 13.1. The number of nitrogens with one attached hydrogen (secondary N) is 1. The molecule has 0 atom stereocenters. The summed E-state index contributed by atoms with van der Waals surface area (Å²) in [6, 6.07) is 1.95. The van der Waals surface area contributed by atoms with Crippen molar-refractivity contribution in [3.63, 3.8) is 0 Å². The van der Waals surface area contributed by atoms with E-state index in [1.807, 2.05) is 13.0 Å². The third kappa shape index (κ3) is 3.48. The second-order valence-electron chi connectivity index (χ2n) is 4.86. The largest absolute Gasteiger partial charge is 0.495 e. The summed E-state index contributed by atoms with van der Waals surface area (Å²) in [5.41, 5.74) is 2.89. The van der Waals surface area contributed by atoms with Crippen molar-refractivity contribution in [2.24, 2.45) is 0 Å². The molecule has 0 amide bonds. The molecule has 0 fully saturated rings. The Hall–Kier alpha value is -2.17. The van der Waals surface area contributed by atoms with Gasteiger partial charge in [-0.1, -0.05) is 13.8 Å². The van der Waals surface area contributed by atoms with Gasteiger partial charge in [-0.2, -0.15) is 0 Å². The summed E-state index contributed by atoms with van der Waals surface area (Å²) in [4.78, 5) is 13.5. The minimum atomic E-state index is 0.728. The van der Waals surface area contributed by atoms with Gasteiger partial charge in [-0.05, 0) is 19.4 Å². The van der Waals surface area contributed by atoms with Crippen LogP contribution in [-0.2, 0) is 6.42 Å². The molecule has 2 rings (SSSR count). The molecule has 0 aliphatic carbocycles. The van der Waals surface area contributed by atoms with Gasteiger partial charge in [0.15, 0.2) is 0 Å². The summed E-state index contributed by atoms with van der Waals surface area (Å²) in [7, 11) is 1.64. The van der Waals surface area contributed by atoms with Crippen LogP contribution < -0.4 is 10.1 Å². The fourth-order valence-corrected chi connectivity index (χ4v) is 2.08. The number of aryl methyl sites for hydroxylation is 1. The molecule has 2 heterocycles. The SMILES string of the molecule is CCCNc1nc(CC)nc(-c2cncc(OC)c2)c1C. The van der Waals surface area contributed by atoms with E-state index in [-0.39, 0.29) is 0 Å². The van der Waals surface area contributed by atoms with Crippen LogP contribution in [0.15, 0.2) is 18.5 Å². The van der Waals surface area contributed by atoms with Crippen LogP contribution in [0.2, 0.25) is 0 Å². The van der Waals surface area contributed by atoms with Crippen LogP contribution in [0, 0.1) is 6.92 Å². The van der Waals surface area contributed by atoms with Gasteiger partial charge in [-0.3, -0.25) is 4.98 Å². The lowest BCUT2D eigenvalue weighted by atomic mass is 10.1. The van der Waals surface area contributed by atoms with E-state index >= 15 is 0 Å². The molecule has 112 valence electrons. The van der Waals surface area contributed by atoms with Crippen LogP contribution in [0.1, 0.15) is 31.7 Å². The molecule has 0 aromatic carbocycles. The molecule has 21 heavy (non-hydrogen) atoms. The van der Waals surface area contributed by atoms with Crippen LogP contribution in [0.5, 0.6) is 5.75 Å². The van der Waals surface area contributed by atoms with Crippen molar-refractivity contribution in [2.45, 2.75) is 33.6 Å². The van der Waals surface area contributed by atoms with Crippen molar-refractivity contribution < 1.29 is 4.74 Å². The van der Waals surface area contributed by atoms with Gasteiger partial charge in [0, 0.05) is 30.3 Å². The molecule has 0 saturated carbocycles. The number of nitrogens with zero attached hydrogens (tertiary/aromatic N) is 3. The van der Waals surface area contributed by atoms with Crippen LogP contribution >= 0.6 is 0 Å². The zero-order valence-electron chi connectivity index (χ0n) is 13.1. The summed E-state index contributed by atoms with van der Waals surface area (Å²) in [5.74, 6) is 2.46. The van der Waals surface area contributed by atoms with Crippen LogP contribution in [0.3, 0.4) is 0 Å². The first-order valence-electron chi connectivity index (χ1n) is 7.30. The molecule has 2 aromatic rings. The summed E-state index contributed by atoms with van der Waals surface area (Å²) in [5, 5.41) is 3.37. The Labute approximate surface area is 125 Å². The number of anilines is 1. The third-order valence-corrected chi connectivity index (χ3v) is 3.27. The number of hydrogen-bond donors (Lipinski definition) is 1. The standard InChI is InChI=1S/C16H22N4O/c1-5-7-18-16-11(3)15(19-14(6-2)20-16)12-8-13(21-4)10-17-9-12/h8-10H,5-7H2,1-4H3,(H,18,19,20). The lowest BCUT2D eigenvalue weighted by molar-refractivity contribution is 0.413. The molecule has 5 nitrogen and oxygen atoms in total. The lowest BCUT2D eigenvalue weighted by Crippen LogP contribution is -2.08. The van der Waals surface area contributed by atoms with Crippen molar-refractivity contribution in [2.75, 3.05) is 19.0 Å². The third-order valence-electron chi connectivity index (χ3n) is 3.27. The molecule has 0 aliphatic rings. The number of hydrogen-bond acceptors (Lipinski definition) is 5. The van der Waals surface area contributed by atoms with E-state index in [1.54, 1.807) is 19.5 Å². The predicted molar refractivity (Wildman–Crippen MR) is 84.7 cm³/mol. The second kappa shape index (κ2) is 7.02. The Balaban J connectivity index is 2.50. The van der Waals surface area contributed by atoms with Crippen molar-refractivity contribution in [3.8, 4) is 17.0 Å². The highest BCUT2D eigenvalue weighted by Gasteiger charge is 2.12. The average Bonchev–Trinajstić information content (AvgIpc) is 2.54. The van der Waals surface area contributed by atoms with Gasteiger partial charge in [0.2, 0.25) is 0 Å². The van der Waals surface area contributed by atoms with Gasteiger partial charge in [0.05, 0.1) is 19.0 Å². The quantitative estimate of drug-likeness (QED) is 0.883. The Kier molecular flexibility index (Phi) is 5.09. The monoisotopic (exact) mass is 286 g/mol. The predicted octanol–water partition coefficient (Wildman–Crippen LogP) is 3.24. The van der Waals surface area contributed by atoms with E-state index in [1.165, 1.54) is 0 Å². The van der Waals surface area contributed by atoms with Gasteiger partial charge < -0.3 is 10.1 Å². The highest BCUT2D eigenvalue weighted by molar-refractivity contribution is 5.68. The van der Waals surface area contributed by atoms with Crippen LogP contribution in [0.4, 0.5) is 5.82 Å². The highest BCUT2D eigenvalue weighted by Crippen LogP contribution is 2.27. The fourth-order valence-electron chi connectivity index (χ4n) is 2.08. The van der Waals surface area contributed by atoms with Crippen molar-refractivity contribution in [1.29, 1.82) is 0 Å². The number of ether oxygens (including phenoxy) is 1. The molecule has 5 heteroatoms. The molecule has 1 N–H and O–H groups in total. The van der Waals surface area contributed by atoms with Gasteiger partial charge in [-0.25, -0.2) is 9.97 Å². The second-order valence-corrected chi connectivity index (χ2v) is 4.86. The van der Waals surface area contributed by atoms with E-state index in [9.17, 15) is 0 Å². The first-order valence-corrected chi connectivity index (χ1v) is 7.30. The van der Waals surface area contributed by atoms with Gasteiger partial charge in [0.25, 0.3) is 0 Å². The molecule has 0 unspecified atom stereocenters. The molecule has 0 spiro atoms. The van der Waals surface area contributed by atoms with Gasteiger partial charge >= 0.3 is 0 Å². The molecule has 0 radical (unpaired) electrons. The Morgan fingerprint density at radius 3 is 2.67 bits per heavy atom. The average molecular weight is 286 g/mol. The maximum Gasteiger partial charge on any atom is 0.137 e. The smallest absolute Gasteiger partial charge is 0.137 e. The lowest BCUT2D eigenvalue weighted by Gasteiger charge is -2.13. The van der Waals surface area contributed by atoms with E-state index in [2.05, 4.69) is 34.1 Å². The van der Waals surface area contributed by atoms with E-state index in [0.717, 1.165) is 53.6 Å².